The van der Waals surface area contributed by atoms with Crippen LogP contribution in [0.15, 0.2) is 29.1 Å². The molecule has 18 heavy (non-hydrogen) atoms. The topological polar surface area (TPSA) is 77.0 Å². The number of nitrogens with two attached hydrogens (primary N) is 1. The summed E-state index contributed by atoms with van der Waals surface area (Å²) in [5.74, 6) is 5.67. The first-order chi connectivity index (χ1) is 8.74. The van der Waals surface area contributed by atoms with Crippen molar-refractivity contribution in [1.29, 1.82) is 0 Å². The second-order valence-corrected chi connectivity index (χ2v) is 4.30. The average Bonchev–Trinajstić information content (AvgIpc) is 2.88. The third kappa shape index (κ3) is 2.75. The van der Waals surface area contributed by atoms with Crippen molar-refractivity contribution in [2.75, 3.05) is 0 Å². The molecule has 3 N–H and O–H groups in total. The molecule has 2 aromatic heterocycles. The van der Waals surface area contributed by atoms with Crippen LogP contribution in [-0.4, -0.2) is 10.2 Å². The molecule has 2 aromatic rings. The van der Waals surface area contributed by atoms with Gasteiger partial charge in [0.1, 0.15) is 0 Å². The lowest BCUT2D eigenvalue weighted by atomic mass is 9.98. The van der Waals surface area contributed by atoms with Crippen LogP contribution in [0.2, 0.25) is 0 Å². The molecule has 0 aromatic carbocycles. The molecular weight excluding hydrogens is 228 g/mol. The highest BCUT2D eigenvalue weighted by Gasteiger charge is 2.16. The average molecular weight is 246 g/mol. The van der Waals surface area contributed by atoms with Crippen molar-refractivity contribution in [2.24, 2.45) is 5.84 Å². The zero-order valence-electron chi connectivity index (χ0n) is 10.7. The highest BCUT2D eigenvalue weighted by Crippen LogP contribution is 2.21. The molecule has 0 fully saturated rings. The summed E-state index contributed by atoms with van der Waals surface area (Å²) in [5, 5.41) is 8.31. The Hall–Kier alpha value is -1.72. The van der Waals surface area contributed by atoms with Crippen molar-refractivity contribution < 1.29 is 4.42 Å². The van der Waals surface area contributed by atoms with Crippen molar-refractivity contribution in [3.8, 4) is 0 Å². The van der Waals surface area contributed by atoms with E-state index in [0.717, 1.165) is 35.4 Å². The molecular formula is C13H18N4O. The Morgan fingerprint density at radius 1 is 1.44 bits per heavy atom. The number of hydrogen-bond donors (Lipinski definition) is 2. The number of hydrogen-bond acceptors (Lipinski definition) is 5. The van der Waals surface area contributed by atoms with Crippen molar-refractivity contribution in [2.45, 2.75) is 32.7 Å². The fourth-order valence-corrected chi connectivity index (χ4v) is 2.01. The van der Waals surface area contributed by atoms with Gasteiger partial charge >= 0.3 is 0 Å². The van der Waals surface area contributed by atoms with Gasteiger partial charge in [-0.05, 0) is 43.0 Å². The molecule has 0 radical (unpaired) electrons. The van der Waals surface area contributed by atoms with Gasteiger partial charge in [0, 0.05) is 0 Å². The maximum Gasteiger partial charge on any atom is 0.0935 e. The van der Waals surface area contributed by atoms with Gasteiger partial charge in [0.2, 0.25) is 0 Å². The minimum Gasteiger partial charge on any atom is -0.472 e. The van der Waals surface area contributed by atoms with Crippen LogP contribution in [0, 0.1) is 6.92 Å². The Morgan fingerprint density at radius 3 is 2.89 bits per heavy atom. The molecule has 2 heterocycles. The largest absolute Gasteiger partial charge is 0.472 e. The summed E-state index contributed by atoms with van der Waals surface area (Å²) in [5.41, 5.74) is 6.94. The maximum atomic E-state index is 5.67. The van der Waals surface area contributed by atoms with E-state index in [-0.39, 0.29) is 6.04 Å². The summed E-state index contributed by atoms with van der Waals surface area (Å²) < 4.78 is 5.08. The third-order valence-corrected chi connectivity index (χ3v) is 2.96. The van der Waals surface area contributed by atoms with Crippen LogP contribution in [0.25, 0.3) is 0 Å². The lowest BCUT2D eigenvalue weighted by Gasteiger charge is -2.18. The van der Waals surface area contributed by atoms with Crippen LogP contribution in [0.3, 0.4) is 0 Å². The Bertz CT molecular complexity index is 496. The molecule has 1 unspecified atom stereocenters. The number of furan rings is 1. The van der Waals surface area contributed by atoms with Gasteiger partial charge in [-0.2, -0.15) is 10.2 Å². The monoisotopic (exact) mass is 246 g/mol. The lowest BCUT2D eigenvalue weighted by Crippen LogP contribution is -2.30. The van der Waals surface area contributed by atoms with Gasteiger partial charge in [-0.3, -0.25) is 11.3 Å². The Balaban J connectivity index is 2.28. The molecule has 5 nitrogen and oxygen atoms in total. The normalized spacial score (nSPS) is 12.6. The van der Waals surface area contributed by atoms with E-state index in [1.165, 1.54) is 0 Å². The summed E-state index contributed by atoms with van der Waals surface area (Å²) in [6.45, 7) is 4.00. The van der Waals surface area contributed by atoms with E-state index >= 15 is 0 Å². The number of aryl methyl sites for hydroxylation is 2. The van der Waals surface area contributed by atoms with Gasteiger partial charge in [0.05, 0.1) is 30.0 Å². The second kappa shape index (κ2) is 5.75. The van der Waals surface area contributed by atoms with E-state index in [0.29, 0.717) is 0 Å². The first-order valence-corrected chi connectivity index (χ1v) is 6.05. The minimum atomic E-state index is 0.0201. The minimum absolute atomic E-state index is 0.0201. The molecule has 0 saturated heterocycles. The molecule has 5 heteroatoms. The molecule has 0 amide bonds. The Kier molecular flexibility index (Phi) is 4.07. The van der Waals surface area contributed by atoms with Crippen LogP contribution in [0.4, 0.5) is 0 Å². The van der Waals surface area contributed by atoms with E-state index in [4.69, 9.17) is 10.3 Å². The highest BCUT2D eigenvalue weighted by atomic mass is 16.3. The fourth-order valence-electron chi connectivity index (χ4n) is 2.01. The van der Waals surface area contributed by atoms with Crippen LogP contribution in [0.5, 0.6) is 0 Å². The van der Waals surface area contributed by atoms with Crippen LogP contribution in [-0.2, 0) is 12.8 Å². The summed E-state index contributed by atoms with van der Waals surface area (Å²) in [6, 6.07) is 4.00. The Labute approximate surface area is 106 Å². The molecule has 0 aliphatic rings. The highest BCUT2D eigenvalue weighted by molar-refractivity contribution is 5.26. The predicted molar refractivity (Wildman–Crippen MR) is 68.6 cm³/mol. The van der Waals surface area contributed by atoms with Crippen molar-refractivity contribution >= 4 is 0 Å². The number of nitrogens with zero attached hydrogens (tertiary/aromatic N) is 2. The van der Waals surface area contributed by atoms with Gasteiger partial charge in [-0.25, -0.2) is 0 Å². The summed E-state index contributed by atoms with van der Waals surface area (Å²) in [4.78, 5) is 0. The molecule has 0 aliphatic heterocycles. The molecule has 0 spiro atoms. The van der Waals surface area contributed by atoms with Crippen molar-refractivity contribution in [3.63, 3.8) is 0 Å². The van der Waals surface area contributed by atoms with E-state index in [1.54, 1.807) is 12.5 Å². The number of hydrazine groups is 1. The van der Waals surface area contributed by atoms with E-state index in [9.17, 15) is 0 Å². The first-order valence-electron chi connectivity index (χ1n) is 6.05. The van der Waals surface area contributed by atoms with Crippen LogP contribution < -0.4 is 11.3 Å². The molecule has 2 rings (SSSR count). The molecule has 0 bridgehead atoms. The van der Waals surface area contributed by atoms with Crippen molar-refractivity contribution in [3.05, 3.63) is 47.2 Å². The van der Waals surface area contributed by atoms with Crippen molar-refractivity contribution in [1.82, 2.24) is 15.6 Å². The lowest BCUT2D eigenvalue weighted by molar-refractivity contribution is 0.529. The van der Waals surface area contributed by atoms with E-state index in [1.807, 2.05) is 19.1 Å². The smallest absolute Gasteiger partial charge is 0.0935 e. The maximum absolute atomic E-state index is 5.67. The summed E-state index contributed by atoms with van der Waals surface area (Å²) >= 11 is 0. The SMILES string of the molecule is CCc1nnc(C)cc1C(Cc1ccoc1)NN. The second-order valence-electron chi connectivity index (χ2n) is 4.30. The van der Waals surface area contributed by atoms with Crippen LogP contribution in [0.1, 0.15) is 35.5 Å². The van der Waals surface area contributed by atoms with Gasteiger partial charge in [-0.1, -0.05) is 6.92 Å². The zero-order valence-corrected chi connectivity index (χ0v) is 10.7. The molecule has 1 atom stereocenters. The zero-order chi connectivity index (χ0) is 13.0. The van der Waals surface area contributed by atoms with Gasteiger partial charge in [-0.15, -0.1) is 0 Å². The number of aromatic nitrogens is 2. The molecule has 0 aliphatic carbocycles. The third-order valence-electron chi connectivity index (χ3n) is 2.96. The van der Waals surface area contributed by atoms with Crippen LogP contribution >= 0.6 is 0 Å². The van der Waals surface area contributed by atoms with E-state index < -0.39 is 0 Å². The molecule has 96 valence electrons. The fraction of sp³-hybridized carbons (Fsp3) is 0.385. The standard InChI is InChI=1S/C13H18N4O/c1-3-12-11(6-9(2)16-17-12)13(15-14)7-10-4-5-18-8-10/h4-6,8,13,15H,3,7,14H2,1-2H3. The Morgan fingerprint density at radius 2 is 2.28 bits per heavy atom. The van der Waals surface area contributed by atoms with Gasteiger partial charge in [0.15, 0.2) is 0 Å². The molecule has 0 saturated carbocycles. The number of rotatable bonds is 5. The summed E-state index contributed by atoms with van der Waals surface area (Å²) in [7, 11) is 0. The first kappa shape index (κ1) is 12.7. The number of nitrogens with one attached hydrogen (secondary N) is 1. The quantitative estimate of drug-likeness (QED) is 0.620. The summed E-state index contributed by atoms with van der Waals surface area (Å²) in [6.07, 6.45) is 5.01. The van der Waals surface area contributed by atoms with Gasteiger partial charge < -0.3 is 4.42 Å². The van der Waals surface area contributed by atoms with Gasteiger partial charge in [0.25, 0.3) is 0 Å². The van der Waals surface area contributed by atoms with E-state index in [2.05, 4.69) is 22.5 Å². The predicted octanol–water partition coefficient (Wildman–Crippen LogP) is 1.69.